The molecule has 0 amide bonds. The number of ether oxygens (including phenoxy) is 1. The molecule has 0 aromatic heterocycles. The van der Waals surface area contributed by atoms with E-state index in [0.29, 0.717) is 12.0 Å². The zero-order chi connectivity index (χ0) is 28.6. The average molecular weight is 702 g/mol. The maximum Gasteiger partial charge on any atom is 0.285 e. The predicted octanol–water partition coefficient (Wildman–Crippen LogP) is 5.42. The van der Waals surface area contributed by atoms with Crippen LogP contribution >= 0.6 is 31.9 Å². The maximum atomic E-state index is 13.8. The van der Waals surface area contributed by atoms with Gasteiger partial charge in [0.05, 0.1) is 22.4 Å². The van der Waals surface area contributed by atoms with Gasteiger partial charge in [0.15, 0.2) is 10.2 Å². The number of halogens is 2. The van der Waals surface area contributed by atoms with Crippen LogP contribution in [0.1, 0.15) is 43.7 Å². The molecular formula is C27H30Br2N2O6S2. The summed E-state index contributed by atoms with van der Waals surface area (Å²) in [4.78, 5) is 12.8. The minimum Gasteiger partial charge on any atom is -0.480 e. The standard InChI is InChI=1S/C27H30Br2N2O6S2/c1-4-37-26(30-38(33,34)21-14-10-18(2)11-15-21)23(28)24-27(29,25(32)20-8-6-5-7-9-20)31(24)39(35,36)22-16-12-19(3)13-17-22/h8,10-17,23-24H,4-7,9H2,1-3H3/b30-26-/t23-,24-,27+,31?/m0/s1. The van der Waals surface area contributed by atoms with Gasteiger partial charge in [-0.25, -0.2) is 8.42 Å². The van der Waals surface area contributed by atoms with Gasteiger partial charge in [0.25, 0.3) is 10.0 Å². The van der Waals surface area contributed by atoms with Crippen molar-refractivity contribution in [1.29, 1.82) is 0 Å². The van der Waals surface area contributed by atoms with Gasteiger partial charge in [0.2, 0.25) is 15.9 Å². The number of Topliss-reactive ketones (excluding diaryl/α,β-unsaturated/α-hetero) is 1. The van der Waals surface area contributed by atoms with Gasteiger partial charge in [-0.2, -0.15) is 12.7 Å². The van der Waals surface area contributed by atoms with Crippen LogP contribution in [0.25, 0.3) is 0 Å². The summed E-state index contributed by atoms with van der Waals surface area (Å²) in [5.41, 5.74) is 2.32. The van der Waals surface area contributed by atoms with Crippen LogP contribution in [0.4, 0.5) is 0 Å². The van der Waals surface area contributed by atoms with Gasteiger partial charge in [0.1, 0.15) is 4.83 Å². The Morgan fingerprint density at radius 3 is 2.10 bits per heavy atom. The van der Waals surface area contributed by atoms with E-state index in [1.54, 1.807) is 31.2 Å². The third-order valence-corrected chi connectivity index (χ3v) is 12.2. The van der Waals surface area contributed by atoms with Crippen molar-refractivity contribution in [3.05, 3.63) is 71.3 Å². The smallest absolute Gasteiger partial charge is 0.285 e. The Kier molecular flexibility index (Phi) is 8.92. The minimum atomic E-state index is -4.18. The number of hydrogen-bond donors (Lipinski definition) is 0. The van der Waals surface area contributed by atoms with Crippen LogP contribution in [0.15, 0.2) is 74.4 Å². The molecule has 2 aromatic carbocycles. The summed E-state index contributed by atoms with van der Waals surface area (Å²) in [7, 11) is -8.35. The van der Waals surface area contributed by atoms with E-state index in [9.17, 15) is 21.6 Å². The van der Waals surface area contributed by atoms with Crippen LogP contribution in [-0.2, 0) is 29.6 Å². The summed E-state index contributed by atoms with van der Waals surface area (Å²) in [5.74, 6) is -0.608. The lowest BCUT2D eigenvalue weighted by atomic mass is 9.94. The number of ketones is 1. The summed E-state index contributed by atoms with van der Waals surface area (Å²) in [6, 6.07) is 11.5. The fraction of sp³-hybridized carbons (Fsp3) is 0.407. The zero-order valence-corrected chi connectivity index (χ0v) is 26.6. The first kappa shape index (κ1) is 30.1. The van der Waals surface area contributed by atoms with E-state index >= 15 is 0 Å². The van der Waals surface area contributed by atoms with Gasteiger partial charge in [-0.3, -0.25) is 4.79 Å². The molecule has 4 atom stereocenters. The quantitative estimate of drug-likeness (QED) is 0.114. The van der Waals surface area contributed by atoms with Gasteiger partial charge in [-0.05, 0) is 76.3 Å². The molecule has 12 heteroatoms. The van der Waals surface area contributed by atoms with Gasteiger partial charge in [-0.1, -0.05) is 73.3 Å². The van der Waals surface area contributed by atoms with E-state index in [1.165, 1.54) is 24.3 Å². The van der Waals surface area contributed by atoms with Crippen LogP contribution in [0.5, 0.6) is 0 Å². The number of rotatable bonds is 9. The van der Waals surface area contributed by atoms with Crippen LogP contribution in [0, 0.1) is 13.8 Å². The highest BCUT2D eigenvalue weighted by atomic mass is 79.9. The summed E-state index contributed by atoms with van der Waals surface area (Å²) in [5, 5.41) is 0. The number of carbonyl (C=O) groups excluding carboxylic acids is 1. The topological polar surface area (TPSA) is 110 Å². The van der Waals surface area contributed by atoms with Crippen molar-refractivity contribution in [2.75, 3.05) is 6.61 Å². The number of allylic oxidation sites excluding steroid dienone is 1. The fourth-order valence-electron chi connectivity index (χ4n) is 4.55. The maximum absolute atomic E-state index is 13.8. The zero-order valence-electron chi connectivity index (χ0n) is 21.8. The van der Waals surface area contributed by atoms with Crippen LogP contribution in [0.3, 0.4) is 0 Å². The van der Waals surface area contributed by atoms with Crippen LogP contribution in [0.2, 0.25) is 0 Å². The second-order valence-electron chi connectivity index (χ2n) is 9.59. The van der Waals surface area contributed by atoms with Gasteiger partial charge >= 0.3 is 0 Å². The molecule has 39 heavy (non-hydrogen) atoms. The monoisotopic (exact) mass is 700 g/mol. The number of carbonyl (C=O) groups is 1. The number of alkyl halides is 2. The number of sulfonamides is 2. The van der Waals surface area contributed by atoms with E-state index in [2.05, 4.69) is 36.3 Å². The molecular weight excluding hydrogens is 672 g/mol. The SMILES string of the molecule is CCO/C(=N\S(=O)(=O)c1ccc(C)cc1)[C@@H](Br)[C@@H]1N(S(=O)(=O)c2ccc(C)cc2)[C@@]1(Br)C(=O)C1=CCCCC1. The molecule has 1 saturated heterocycles. The van der Waals surface area contributed by atoms with Gasteiger partial charge < -0.3 is 4.74 Å². The second-order valence-corrected chi connectivity index (χ2v) is 15.2. The summed E-state index contributed by atoms with van der Waals surface area (Å²) < 4.78 is 63.0. The molecule has 1 unspecified atom stereocenters. The number of nitrogens with zero attached hydrogens (tertiary/aromatic N) is 2. The first-order valence-electron chi connectivity index (χ1n) is 12.6. The molecule has 1 aliphatic carbocycles. The van der Waals surface area contributed by atoms with E-state index < -0.39 is 35.4 Å². The average Bonchev–Trinajstić information content (AvgIpc) is 3.56. The lowest BCUT2D eigenvalue weighted by Gasteiger charge is -2.16. The molecule has 2 aliphatic rings. The van der Waals surface area contributed by atoms with Gasteiger partial charge in [-0.15, -0.1) is 4.40 Å². The predicted molar refractivity (Wildman–Crippen MR) is 157 cm³/mol. The van der Waals surface area contributed by atoms with E-state index in [0.717, 1.165) is 34.7 Å². The highest BCUT2D eigenvalue weighted by Gasteiger charge is 2.75. The lowest BCUT2D eigenvalue weighted by molar-refractivity contribution is -0.116. The summed E-state index contributed by atoms with van der Waals surface area (Å²) in [6.07, 6.45) is 4.91. The molecule has 1 heterocycles. The molecule has 2 aromatic rings. The summed E-state index contributed by atoms with van der Waals surface area (Å²) >= 11 is 6.96. The molecule has 210 valence electrons. The third-order valence-electron chi connectivity index (χ3n) is 6.71. The molecule has 0 spiro atoms. The van der Waals surface area contributed by atoms with Crippen molar-refractivity contribution in [3.8, 4) is 0 Å². The summed E-state index contributed by atoms with van der Waals surface area (Å²) in [6.45, 7) is 5.43. The van der Waals surface area contributed by atoms with Crippen molar-refractivity contribution in [3.63, 3.8) is 0 Å². The molecule has 0 bridgehead atoms. The van der Waals surface area contributed by atoms with Gasteiger partial charge in [0, 0.05) is 0 Å². The van der Waals surface area contributed by atoms with Crippen molar-refractivity contribution in [2.45, 2.75) is 71.6 Å². The van der Waals surface area contributed by atoms with Crippen LogP contribution < -0.4 is 0 Å². The Morgan fingerprint density at radius 1 is 1.03 bits per heavy atom. The van der Waals surface area contributed by atoms with Crippen molar-refractivity contribution in [2.24, 2.45) is 4.40 Å². The Hall–Kier alpha value is -1.86. The first-order chi connectivity index (χ1) is 18.3. The Labute approximate surface area is 246 Å². The van der Waals surface area contributed by atoms with E-state index in [1.807, 2.05) is 19.9 Å². The second kappa shape index (κ2) is 11.6. The third kappa shape index (κ3) is 5.95. The highest BCUT2D eigenvalue weighted by Crippen LogP contribution is 2.56. The largest absolute Gasteiger partial charge is 0.480 e. The molecule has 8 nitrogen and oxygen atoms in total. The van der Waals surface area contributed by atoms with Crippen molar-refractivity contribution < 1.29 is 26.4 Å². The highest BCUT2D eigenvalue weighted by molar-refractivity contribution is 9.11. The minimum absolute atomic E-state index is 0.0201. The number of aryl methyl sites for hydroxylation is 2. The van der Waals surface area contributed by atoms with Crippen molar-refractivity contribution >= 4 is 63.6 Å². The molecule has 0 radical (unpaired) electrons. The number of hydrogen-bond acceptors (Lipinski definition) is 6. The molecule has 0 saturated carbocycles. The fourth-order valence-corrected chi connectivity index (χ4v) is 10.4. The van der Waals surface area contributed by atoms with E-state index in [4.69, 9.17) is 4.74 Å². The Bertz CT molecular complexity index is 1520. The lowest BCUT2D eigenvalue weighted by Crippen LogP contribution is -2.32. The molecule has 0 N–H and O–H groups in total. The molecule has 1 fully saturated rings. The van der Waals surface area contributed by atoms with Crippen LogP contribution in [-0.4, -0.2) is 54.7 Å². The Morgan fingerprint density at radius 2 is 1.59 bits per heavy atom. The van der Waals surface area contributed by atoms with Crippen molar-refractivity contribution in [1.82, 2.24) is 4.31 Å². The van der Waals surface area contributed by atoms with E-state index in [-0.39, 0.29) is 28.1 Å². The Balaban J connectivity index is 1.78. The molecule has 4 rings (SSSR count). The normalized spacial score (nSPS) is 24.5. The first-order valence-corrected chi connectivity index (χ1v) is 17.1. The molecule has 1 aliphatic heterocycles. The number of benzene rings is 2.